The summed E-state index contributed by atoms with van der Waals surface area (Å²) in [7, 11) is -1.24. The molecule has 2 aliphatic rings. The molecular formula is C37H48FN7O4S. The number of carbonyl (C=O) groups is 1. The van der Waals surface area contributed by atoms with Gasteiger partial charge in [-0.2, -0.15) is 0 Å². The topological polar surface area (TPSA) is 136 Å². The number of aromatic amines is 2. The lowest BCUT2D eigenvalue weighted by Gasteiger charge is -2.31. The molecule has 1 saturated heterocycles. The SMILES string of the molecule is CC(C)N(C(=O)c1cc(F)ccc1Oc1cncnc1N1CCC2(CC(Cc3ccc4[nH]c(=O)[nH]c4c3)C(NS(=O)C(C)(C)C)C2)C1)C(C)C. The predicted octanol–water partition coefficient (Wildman–Crippen LogP) is 6.11. The zero-order valence-electron chi connectivity index (χ0n) is 29.9. The van der Waals surface area contributed by atoms with Crippen molar-refractivity contribution in [3.8, 4) is 11.5 Å². The maximum atomic E-state index is 14.5. The van der Waals surface area contributed by atoms with Gasteiger partial charge in [0.2, 0.25) is 0 Å². The zero-order valence-corrected chi connectivity index (χ0v) is 30.7. The number of benzene rings is 2. The summed E-state index contributed by atoms with van der Waals surface area (Å²) < 4.78 is 37.4. The average Bonchev–Trinajstić information content (AvgIpc) is 3.72. The first-order chi connectivity index (χ1) is 23.6. The summed E-state index contributed by atoms with van der Waals surface area (Å²) in [5, 5.41) is 0. The van der Waals surface area contributed by atoms with Crippen molar-refractivity contribution >= 4 is 33.7 Å². The van der Waals surface area contributed by atoms with Crippen LogP contribution in [0, 0.1) is 17.2 Å². The number of anilines is 1. The molecule has 1 saturated carbocycles. The number of imidazole rings is 1. The van der Waals surface area contributed by atoms with E-state index < -0.39 is 21.5 Å². The van der Waals surface area contributed by atoms with Gasteiger partial charge < -0.3 is 24.5 Å². The minimum Gasteiger partial charge on any atom is -0.451 e. The maximum Gasteiger partial charge on any atom is 0.323 e. The number of carbonyl (C=O) groups excluding carboxylic acids is 1. The van der Waals surface area contributed by atoms with Gasteiger partial charge in [-0.15, -0.1) is 0 Å². The smallest absolute Gasteiger partial charge is 0.323 e. The van der Waals surface area contributed by atoms with E-state index in [4.69, 9.17) is 4.74 Å². The van der Waals surface area contributed by atoms with Crippen LogP contribution in [0.4, 0.5) is 10.2 Å². The van der Waals surface area contributed by atoms with Gasteiger partial charge in [-0.25, -0.2) is 28.1 Å². The van der Waals surface area contributed by atoms with E-state index in [0.717, 1.165) is 48.8 Å². The molecule has 4 atom stereocenters. The van der Waals surface area contributed by atoms with Gasteiger partial charge in [0.05, 0.1) is 38.5 Å². The lowest BCUT2D eigenvalue weighted by molar-refractivity contribution is 0.0640. The molecule has 3 heterocycles. The molecule has 13 heteroatoms. The van der Waals surface area contributed by atoms with Gasteiger partial charge in [0.15, 0.2) is 11.6 Å². The van der Waals surface area contributed by atoms with Crippen molar-refractivity contribution in [2.75, 3.05) is 18.0 Å². The summed E-state index contributed by atoms with van der Waals surface area (Å²) in [6.45, 7) is 15.1. The largest absolute Gasteiger partial charge is 0.451 e. The number of nitrogens with zero attached hydrogens (tertiary/aromatic N) is 4. The Kier molecular flexibility index (Phi) is 9.93. The fourth-order valence-corrected chi connectivity index (χ4v) is 8.65. The van der Waals surface area contributed by atoms with Crippen molar-refractivity contribution in [1.29, 1.82) is 0 Å². The normalized spacial score (nSPS) is 21.5. The van der Waals surface area contributed by atoms with Crippen LogP contribution in [0.5, 0.6) is 11.5 Å². The average molecular weight is 706 g/mol. The minimum atomic E-state index is -1.24. The quantitative estimate of drug-likeness (QED) is 0.181. The fraction of sp³-hybridized carbons (Fsp3) is 0.514. The van der Waals surface area contributed by atoms with Gasteiger partial charge in [0.25, 0.3) is 5.91 Å². The van der Waals surface area contributed by atoms with Gasteiger partial charge in [0.1, 0.15) is 17.9 Å². The minimum absolute atomic E-state index is 0.0229. The molecule has 11 nitrogen and oxygen atoms in total. The Morgan fingerprint density at radius 2 is 1.84 bits per heavy atom. The van der Waals surface area contributed by atoms with Crippen molar-refractivity contribution in [3.63, 3.8) is 0 Å². The van der Waals surface area contributed by atoms with E-state index in [2.05, 4.69) is 35.6 Å². The predicted molar refractivity (Wildman–Crippen MR) is 194 cm³/mol. The number of nitrogens with one attached hydrogen (secondary N) is 3. The molecule has 4 unspecified atom stereocenters. The number of fused-ring (bicyclic) bond motifs is 1. The number of H-pyrrole nitrogens is 2. The number of rotatable bonds is 10. The van der Waals surface area contributed by atoms with Gasteiger partial charge in [-0.05, 0) is 121 Å². The van der Waals surface area contributed by atoms with E-state index in [0.29, 0.717) is 18.1 Å². The third-order valence-corrected chi connectivity index (χ3v) is 11.6. The van der Waals surface area contributed by atoms with Gasteiger partial charge in [-0.1, -0.05) is 6.07 Å². The van der Waals surface area contributed by atoms with Crippen LogP contribution >= 0.6 is 0 Å². The molecular weight excluding hydrogens is 658 g/mol. The van der Waals surface area contributed by atoms with E-state index in [9.17, 15) is 18.2 Å². The molecule has 0 radical (unpaired) electrons. The maximum absolute atomic E-state index is 14.5. The van der Waals surface area contributed by atoms with Gasteiger partial charge in [0, 0.05) is 31.2 Å². The van der Waals surface area contributed by atoms with E-state index in [1.54, 1.807) is 11.1 Å². The van der Waals surface area contributed by atoms with Crippen molar-refractivity contribution in [2.45, 2.75) is 97.0 Å². The zero-order chi connectivity index (χ0) is 36.0. The van der Waals surface area contributed by atoms with Crippen molar-refractivity contribution < 1.29 is 18.1 Å². The number of aromatic nitrogens is 4. The molecule has 2 aromatic carbocycles. The molecule has 1 aliphatic heterocycles. The van der Waals surface area contributed by atoms with E-state index >= 15 is 0 Å². The highest BCUT2D eigenvalue weighted by Crippen LogP contribution is 2.51. The molecule has 3 N–H and O–H groups in total. The van der Waals surface area contributed by atoms with Crippen LogP contribution < -0.4 is 20.0 Å². The summed E-state index contributed by atoms with van der Waals surface area (Å²) in [4.78, 5) is 44.0. The van der Waals surface area contributed by atoms with E-state index in [-0.39, 0.29) is 52.4 Å². The first-order valence-corrected chi connectivity index (χ1v) is 18.5. The molecule has 268 valence electrons. The van der Waals surface area contributed by atoms with Crippen LogP contribution in [0.15, 0.2) is 53.7 Å². The number of hydrogen-bond donors (Lipinski definition) is 3. The second-order valence-corrected chi connectivity index (χ2v) is 17.5. The summed E-state index contributed by atoms with van der Waals surface area (Å²) in [5.74, 6) is 0.612. The molecule has 1 amide bonds. The van der Waals surface area contributed by atoms with Crippen molar-refractivity contribution in [1.82, 2.24) is 29.6 Å². The third kappa shape index (κ3) is 7.48. The first kappa shape index (κ1) is 35.7. The highest BCUT2D eigenvalue weighted by molar-refractivity contribution is 7.84. The first-order valence-electron chi connectivity index (χ1n) is 17.4. The molecule has 2 fully saturated rings. The third-order valence-electron chi connectivity index (χ3n) is 9.95. The molecule has 50 heavy (non-hydrogen) atoms. The Morgan fingerprint density at radius 1 is 1.10 bits per heavy atom. The Hall–Kier alpha value is -4.10. The Labute approximate surface area is 295 Å². The summed E-state index contributed by atoms with van der Waals surface area (Å²) in [6, 6.07) is 9.84. The van der Waals surface area contributed by atoms with E-state index in [1.807, 2.05) is 60.6 Å². The molecule has 0 bridgehead atoms. The monoisotopic (exact) mass is 705 g/mol. The number of halogens is 1. The summed E-state index contributed by atoms with van der Waals surface area (Å²) in [6.07, 6.45) is 6.52. The second kappa shape index (κ2) is 13.9. The van der Waals surface area contributed by atoms with Crippen LogP contribution in [0.1, 0.15) is 83.7 Å². The number of ether oxygens (including phenoxy) is 1. The summed E-state index contributed by atoms with van der Waals surface area (Å²) in [5.41, 5.74) is 2.51. The van der Waals surface area contributed by atoms with E-state index in [1.165, 1.54) is 24.5 Å². The molecule has 2 aromatic heterocycles. The lowest BCUT2D eigenvalue weighted by atomic mass is 9.83. The number of amides is 1. The Morgan fingerprint density at radius 3 is 2.56 bits per heavy atom. The highest BCUT2D eigenvalue weighted by atomic mass is 32.2. The molecule has 1 aliphatic carbocycles. The van der Waals surface area contributed by atoms with Crippen LogP contribution in [-0.4, -0.2) is 70.9 Å². The standard InChI is InChI=1S/C37H48FN7O4S/c1-22(2)45(23(3)4)34(46)27-16-26(38)9-11-31(27)49-32-19-39-21-40-33(32)44-13-12-37(20-44)17-25(30(18-37)43-50(48)36(5,6)7)14-24-8-10-28-29(15-24)42-35(47)41-28/h8-11,15-16,19,21-23,25,30,43H,12-14,17-18,20H2,1-7H3,(H2,41,42,47). The fourth-order valence-electron chi connectivity index (χ4n) is 7.74. The second-order valence-electron chi connectivity index (χ2n) is 15.5. The van der Waals surface area contributed by atoms with Crippen molar-refractivity contribution in [3.05, 3.63) is 76.4 Å². The van der Waals surface area contributed by atoms with Crippen molar-refractivity contribution in [2.24, 2.45) is 11.3 Å². The molecule has 4 aromatic rings. The van der Waals surface area contributed by atoms with Gasteiger partial charge in [-0.3, -0.25) is 4.79 Å². The lowest BCUT2D eigenvalue weighted by Crippen LogP contribution is -2.42. The highest BCUT2D eigenvalue weighted by Gasteiger charge is 2.50. The van der Waals surface area contributed by atoms with Crippen LogP contribution in [0.3, 0.4) is 0 Å². The molecule has 1 spiro atoms. The van der Waals surface area contributed by atoms with Crippen LogP contribution in [0.25, 0.3) is 11.0 Å². The number of hydrogen-bond acceptors (Lipinski definition) is 7. The summed E-state index contributed by atoms with van der Waals surface area (Å²) >= 11 is 0. The van der Waals surface area contributed by atoms with Crippen LogP contribution in [0.2, 0.25) is 0 Å². The Bertz CT molecular complexity index is 1950. The molecule has 6 rings (SSSR count). The Balaban J connectivity index is 1.25. The van der Waals surface area contributed by atoms with Gasteiger partial charge >= 0.3 is 5.69 Å². The van der Waals surface area contributed by atoms with Crippen LogP contribution in [-0.2, 0) is 17.4 Å².